The van der Waals surface area contributed by atoms with Crippen molar-refractivity contribution in [3.05, 3.63) is 46.1 Å². The zero-order chi connectivity index (χ0) is 15.6. The van der Waals surface area contributed by atoms with E-state index in [4.69, 9.17) is 4.42 Å². The minimum absolute atomic E-state index is 0.0327. The first-order valence-corrected chi connectivity index (χ1v) is 8.32. The number of anilines is 1. The van der Waals surface area contributed by atoms with E-state index in [1.807, 2.05) is 0 Å². The second kappa shape index (κ2) is 6.17. The summed E-state index contributed by atoms with van der Waals surface area (Å²) in [5, 5.41) is 2.86. The number of hydrogen-bond acceptors (Lipinski definition) is 4. The summed E-state index contributed by atoms with van der Waals surface area (Å²) in [5.74, 6) is -0.0324. The molecule has 21 heavy (non-hydrogen) atoms. The van der Waals surface area contributed by atoms with E-state index in [0.717, 1.165) is 6.07 Å². The van der Waals surface area contributed by atoms with Gasteiger partial charge in [-0.05, 0) is 53.7 Å². The molecule has 2 rings (SSSR count). The Morgan fingerprint density at radius 1 is 1.29 bits per heavy atom. The average molecular weight is 377 g/mol. The fourth-order valence-electron chi connectivity index (χ4n) is 1.85. The molecular weight excluding hydrogens is 363 g/mol. The van der Waals surface area contributed by atoms with Crippen LogP contribution in [-0.4, -0.2) is 15.5 Å². The van der Waals surface area contributed by atoms with Gasteiger partial charge in [0, 0.05) is 6.07 Å². The van der Waals surface area contributed by atoms with Crippen molar-refractivity contribution >= 4 is 31.6 Å². The lowest BCUT2D eigenvalue weighted by atomic mass is 10.2. The Balaban J connectivity index is 2.33. The third kappa shape index (κ3) is 3.84. The van der Waals surface area contributed by atoms with E-state index < -0.39 is 15.8 Å². The summed E-state index contributed by atoms with van der Waals surface area (Å²) in [6.45, 7) is 2.08. The van der Waals surface area contributed by atoms with Crippen molar-refractivity contribution < 1.29 is 17.2 Å². The van der Waals surface area contributed by atoms with Crippen LogP contribution in [0.3, 0.4) is 0 Å². The summed E-state index contributed by atoms with van der Waals surface area (Å²) < 4.78 is 45.7. The lowest BCUT2D eigenvalue weighted by Gasteiger charge is -2.07. The minimum atomic E-state index is -3.86. The molecule has 0 spiro atoms. The molecule has 0 radical (unpaired) electrons. The first kappa shape index (κ1) is 16.0. The zero-order valence-corrected chi connectivity index (χ0v) is 13.8. The van der Waals surface area contributed by atoms with Crippen LogP contribution < -0.4 is 10.0 Å². The molecule has 0 aliphatic heterocycles. The summed E-state index contributed by atoms with van der Waals surface area (Å²) >= 11 is 3.08. The van der Waals surface area contributed by atoms with Crippen LogP contribution in [0.5, 0.6) is 0 Å². The van der Waals surface area contributed by atoms with Crippen molar-refractivity contribution in [2.45, 2.75) is 18.4 Å². The predicted octanol–water partition coefficient (Wildman–Crippen LogP) is 3.01. The smallest absolute Gasteiger partial charge is 0.266 e. The maximum Gasteiger partial charge on any atom is 0.266 e. The van der Waals surface area contributed by atoms with Gasteiger partial charge in [-0.15, -0.1) is 0 Å². The van der Waals surface area contributed by atoms with Crippen LogP contribution in [0.15, 0.2) is 38.2 Å². The molecule has 0 aliphatic rings. The quantitative estimate of drug-likeness (QED) is 0.841. The van der Waals surface area contributed by atoms with Gasteiger partial charge in [-0.2, -0.15) is 0 Å². The highest BCUT2D eigenvalue weighted by atomic mass is 79.9. The third-order valence-corrected chi connectivity index (χ3v) is 4.88. The van der Waals surface area contributed by atoms with Crippen LogP contribution in [0.25, 0.3) is 0 Å². The van der Waals surface area contributed by atoms with E-state index in [-0.39, 0.29) is 15.3 Å². The number of aryl methyl sites for hydroxylation is 1. The van der Waals surface area contributed by atoms with Crippen molar-refractivity contribution in [2.24, 2.45) is 0 Å². The predicted molar refractivity (Wildman–Crippen MR) is 81.1 cm³/mol. The molecule has 1 aromatic carbocycles. The first-order valence-electron chi connectivity index (χ1n) is 6.04. The van der Waals surface area contributed by atoms with Gasteiger partial charge in [0.2, 0.25) is 0 Å². The molecule has 114 valence electrons. The van der Waals surface area contributed by atoms with Gasteiger partial charge < -0.3 is 9.73 Å². The van der Waals surface area contributed by atoms with Gasteiger partial charge in [0.15, 0.2) is 4.67 Å². The van der Waals surface area contributed by atoms with E-state index in [2.05, 4.69) is 26.0 Å². The number of sulfonamides is 1. The normalized spacial score (nSPS) is 11.6. The van der Waals surface area contributed by atoms with E-state index in [1.54, 1.807) is 20.0 Å². The van der Waals surface area contributed by atoms with Gasteiger partial charge in [-0.3, -0.25) is 4.72 Å². The van der Waals surface area contributed by atoms with E-state index >= 15 is 0 Å². The second-order valence-electron chi connectivity index (χ2n) is 4.50. The SMILES string of the molecule is CNCc1cc(S(=O)(=O)Nc2cc(C)cc(F)c2)c(Br)o1. The summed E-state index contributed by atoms with van der Waals surface area (Å²) in [6.07, 6.45) is 0. The Morgan fingerprint density at radius 3 is 2.62 bits per heavy atom. The molecule has 0 atom stereocenters. The van der Waals surface area contributed by atoms with Gasteiger partial charge in [0.1, 0.15) is 16.5 Å². The highest BCUT2D eigenvalue weighted by molar-refractivity contribution is 9.10. The molecule has 0 unspecified atom stereocenters. The lowest BCUT2D eigenvalue weighted by Crippen LogP contribution is -2.13. The van der Waals surface area contributed by atoms with Crippen LogP contribution in [0, 0.1) is 12.7 Å². The van der Waals surface area contributed by atoms with Gasteiger partial charge in [-0.25, -0.2) is 12.8 Å². The highest BCUT2D eigenvalue weighted by Gasteiger charge is 2.22. The third-order valence-electron chi connectivity index (χ3n) is 2.64. The topological polar surface area (TPSA) is 71.3 Å². The zero-order valence-electron chi connectivity index (χ0n) is 11.4. The summed E-state index contributed by atoms with van der Waals surface area (Å²) in [7, 11) is -2.14. The lowest BCUT2D eigenvalue weighted by molar-refractivity contribution is 0.470. The maximum atomic E-state index is 13.3. The van der Waals surface area contributed by atoms with E-state index in [1.165, 1.54) is 12.1 Å². The summed E-state index contributed by atoms with van der Waals surface area (Å²) in [6, 6.07) is 5.39. The molecule has 1 aromatic heterocycles. The molecule has 2 N–H and O–H groups in total. The largest absolute Gasteiger partial charge is 0.451 e. The molecule has 8 heteroatoms. The number of hydrogen-bond donors (Lipinski definition) is 2. The maximum absolute atomic E-state index is 13.3. The fraction of sp³-hybridized carbons (Fsp3) is 0.231. The van der Waals surface area contributed by atoms with Crippen LogP contribution in [-0.2, 0) is 16.6 Å². The monoisotopic (exact) mass is 376 g/mol. The number of rotatable bonds is 5. The molecule has 2 aromatic rings. The standard InChI is InChI=1S/C13H14BrFN2O3S/c1-8-3-9(15)5-10(4-8)17-21(18,19)12-6-11(7-16-2)20-13(12)14/h3-6,16-17H,7H2,1-2H3. The van der Waals surface area contributed by atoms with Crippen LogP contribution in [0.2, 0.25) is 0 Å². The van der Waals surface area contributed by atoms with Gasteiger partial charge >= 0.3 is 0 Å². The molecule has 5 nitrogen and oxygen atoms in total. The van der Waals surface area contributed by atoms with Crippen molar-refractivity contribution in [3.63, 3.8) is 0 Å². The van der Waals surface area contributed by atoms with Crippen molar-refractivity contribution in [2.75, 3.05) is 11.8 Å². The van der Waals surface area contributed by atoms with E-state index in [9.17, 15) is 12.8 Å². The molecule has 0 amide bonds. The number of nitrogens with one attached hydrogen (secondary N) is 2. The molecule has 0 aliphatic carbocycles. The molecular formula is C13H14BrFN2O3S. The van der Waals surface area contributed by atoms with Crippen molar-refractivity contribution in [3.8, 4) is 0 Å². The molecule has 0 fully saturated rings. The second-order valence-corrected chi connectivity index (χ2v) is 6.87. The Morgan fingerprint density at radius 2 is 2.00 bits per heavy atom. The van der Waals surface area contributed by atoms with E-state index in [0.29, 0.717) is 17.9 Å². The number of benzene rings is 1. The fourth-order valence-corrected chi connectivity index (χ4v) is 3.89. The molecule has 0 bridgehead atoms. The summed E-state index contributed by atoms with van der Waals surface area (Å²) in [4.78, 5) is -0.0327. The summed E-state index contributed by atoms with van der Waals surface area (Å²) in [5.41, 5.74) is 0.783. The van der Waals surface area contributed by atoms with Gasteiger partial charge in [0.25, 0.3) is 10.0 Å². The first-order chi connectivity index (χ1) is 9.81. The van der Waals surface area contributed by atoms with Crippen LogP contribution in [0.1, 0.15) is 11.3 Å². The number of halogens is 2. The Labute approximate surface area is 130 Å². The number of furan rings is 1. The molecule has 0 saturated heterocycles. The molecule has 0 saturated carbocycles. The van der Waals surface area contributed by atoms with Crippen LogP contribution >= 0.6 is 15.9 Å². The minimum Gasteiger partial charge on any atom is -0.451 e. The van der Waals surface area contributed by atoms with Crippen LogP contribution in [0.4, 0.5) is 10.1 Å². The Bertz CT molecular complexity index is 739. The van der Waals surface area contributed by atoms with Gasteiger partial charge in [0.05, 0.1) is 12.2 Å². The van der Waals surface area contributed by atoms with Crippen molar-refractivity contribution in [1.82, 2.24) is 5.32 Å². The Kier molecular flexibility index (Phi) is 4.70. The Hall–Kier alpha value is -1.38. The highest BCUT2D eigenvalue weighted by Crippen LogP contribution is 2.28. The van der Waals surface area contributed by atoms with Crippen molar-refractivity contribution in [1.29, 1.82) is 0 Å². The molecule has 1 heterocycles. The average Bonchev–Trinajstić information content (AvgIpc) is 2.69. The van der Waals surface area contributed by atoms with Gasteiger partial charge in [-0.1, -0.05) is 0 Å².